The van der Waals surface area contributed by atoms with E-state index in [0.717, 1.165) is 20.1 Å². The first-order chi connectivity index (χ1) is 4.31. The molecule has 0 aliphatic rings. The lowest BCUT2D eigenvalue weighted by molar-refractivity contribution is -0.246. The molecule has 0 aliphatic heterocycles. The van der Waals surface area contributed by atoms with Crippen LogP contribution >= 0.6 is 0 Å². The van der Waals surface area contributed by atoms with E-state index in [1.54, 1.807) is 0 Å². The van der Waals surface area contributed by atoms with Gasteiger partial charge in [0, 0.05) is 0 Å². The SMILES string of the molecule is C=COC(C)(C)C(F)(F)F. The van der Waals surface area contributed by atoms with Crippen LogP contribution in [0.4, 0.5) is 13.2 Å². The second-order valence-corrected chi connectivity index (χ2v) is 2.29. The van der Waals surface area contributed by atoms with E-state index in [2.05, 4.69) is 11.3 Å². The second-order valence-electron chi connectivity index (χ2n) is 2.29. The summed E-state index contributed by atoms with van der Waals surface area (Å²) in [6.07, 6.45) is -3.56. The van der Waals surface area contributed by atoms with Gasteiger partial charge in [0.2, 0.25) is 0 Å². The van der Waals surface area contributed by atoms with Gasteiger partial charge in [-0.25, -0.2) is 0 Å². The smallest absolute Gasteiger partial charge is 0.427 e. The highest BCUT2D eigenvalue weighted by molar-refractivity contribution is 4.80. The number of rotatable bonds is 2. The molecule has 0 aromatic heterocycles. The average Bonchev–Trinajstić information content (AvgIpc) is 1.61. The fourth-order valence-electron chi connectivity index (χ4n) is 0.275. The van der Waals surface area contributed by atoms with Gasteiger partial charge in [0.15, 0.2) is 5.60 Å². The van der Waals surface area contributed by atoms with Gasteiger partial charge in [0.25, 0.3) is 0 Å². The number of halogens is 3. The zero-order chi connectivity index (χ0) is 8.41. The number of hydrogen-bond donors (Lipinski definition) is 0. The highest BCUT2D eigenvalue weighted by Crippen LogP contribution is 2.32. The molecular weight excluding hydrogens is 145 g/mol. The maximum atomic E-state index is 11.8. The summed E-state index contributed by atoms with van der Waals surface area (Å²) in [7, 11) is 0. The Kier molecular flexibility index (Phi) is 2.35. The molecule has 0 saturated heterocycles. The Morgan fingerprint density at radius 1 is 1.30 bits per heavy atom. The van der Waals surface area contributed by atoms with E-state index < -0.39 is 11.8 Å². The Morgan fingerprint density at radius 2 is 1.70 bits per heavy atom. The van der Waals surface area contributed by atoms with Crippen molar-refractivity contribution in [2.24, 2.45) is 0 Å². The van der Waals surface area contributed by atoms with E-state index >= 15 is 0 Å². The monoisotopic (exact) mass is 154 g/mol. The van der Waals surface area contributed by atoms with Gasteiger partial charge in [-0.15, -0.1) is 0 Å². The maximum Gasteiger partial charge on any atom is 0.427 e. The Labute approximate surface area is 57.5 Å². The van der Waals surface area contributed by atoms with E-state index in [1.807, 2.05) is 0 Å². The maximum absolute atomic E-state index is 11.8. The minimum Gasteiger partial charge on any atom is -0.487 e. The fourth-order valence-corrected chi connectivity index (χ4v) is 0.275. The zero-order valence-corrected chi connectivity index (χ0v) is 5.83. The van der Waals surface area contributed by atoms with Crippen LogP contribution in [0.5, 0.6) is 0 Å². The lowest BCUT2D eigenvalue weighted by Crippen LogP contribution is -2.40. The average molecular weight is 154 g/mol. The van der Waals surface area contributed by atoms with Crippen LogP contribution in [-0.2, 0) is 4.74 Å². The molecule has 0 aromatic rings. The van der Waals surface area contributed by atoms with Crippen LogP contribution in [-0.4, -0.2) is 11.8 Å². The number of hydrogen-bond acceptors (Lipinski definition) is 1. The van der Waals surface area contributed by atoms with Gasteiger partial charge >= 0.3 is 6.18 Å². The molecule has 0 atom stereocenters. The van der Waals surface area contributed by atoms with Crippen LogP contribution in [0.2, 0.25) is 0 Å². The predicted octanol–water partition coefficient (Wildman–Crippen LogP) is 2.49. The molecule has 0 heterocycles. The molecule has 0 bridgehead atoms. The number of ether oxygens (including phenoxy) is 1. The second kappa shape index (κ2) is 2.52. The molecule has 0 rings (SSSR count). The van der Waals surface area contributed by atoms with Gasteiger partial charge in [0.1, 0.15) is 0 Å². The first-order valence-corrected chi connectivity index (χ1v) is 2.67. The highest BCUT2D eigenvalue weighted by Gasteiger charge is 2.48. The summed E-state index contributed by atoms with van der Waals surface area (Å²) in [5.74, 6) is 0. The van der Waals surface area contributed by atoms with Crippen molar-refractivity contribution in [3.05, 3.63) is 12.8 Å². The third-order valence-corrected chi connectivity index (χ3v) is 1.06. The summed E-state index contributed by atoms with van der Waals surface area (Å²) in [5.41, 5.74) is -2.13. The zero-order valence-electron chi connectivity index (χ0n) is 5.83. The summed E-state index contributed by atoms with van der Waals surface area (Å²) in [4.78, 5) is 0. The molecular formula is C6H9F3O. The van der Waals surface area contributed by atoms with Crippen molar-refractivity contribution in [1.29, 1.82) is 0 Å². The van der Waals surface area contributed by atoms with Crippen molar-refractivity contribution in [2.45, 2.75) is 25.6 Å². The summed E-state index contributed by atoms with van der Waals surface area (Å²) >= 11 is 0. The van der Waals surface area contributed by atoms with Crippen molar-refractivity contribution in [2.75, 3.05) is 0 Å². The van der Waals surface area contributed by atoms with Crippen LogP contribution < -0.4 is 0 Å². The molecule has 0 aliphatic carbocycles. The van der Waals surface area contributed by atoms with Crippen LogP contribution in [0.1, 0.15) is 13.8 Å². The predicted molar refractivity (Wildman–Crippen MR) is 31.4 cm³/mol. The largest absolute Gasteiger partial charge is 0.487 e. The van der Waals surface area contributed by atoms with E-state index in [0.29, 0.717) is 0 Å². The topological polar surface area (TPSA) is 9.23 Å². The van der Waals surface area contributed by atoms with E-state index in [4.69, 9.17) is 0 Å². The summed E-state index contributed by atoms with van der Waals surface area (Å²) in [5, 5.41) is 0. The fraction of sp³-hybridized carbons (Fsp3) is 0.667. The lowest BCUT2D eigenvalue weighted by atomic mass is 10.1. The molecule has 4 heteroatoms. The Balaban J connectivity index is 4.23. The highest BCUT2D eigenvalue weighted by atomic mass is 19.4. The quantitative estimate of drug-likeness (QED) is 0.555. The van der Waals surface area contributed by atoms with Gasteiger partial charge in [-0.05, 0) is 13.8 Å². The standard InChI is InChI=1S/C6H9F3O/c1-4-10-5(2,3)6(7,8)9/h4H,1H2,2-3H3. The molecule has 0 radical (unpaired) electrons. The first-order valence-electron chi connectivity index (χ1n) is 2.67. The van der Waals surface area contributed by atoms with Crippen molar-refractivity contribution < 1.29 is 17.9 Å². The van der Waals surface area contributed by atoms with Gasteiger partial charge in [-0.2, -0.15) is 13.2 Å². The molecule has 0 saturated carbocycles. The minimum atomic E-state index is -4.35. The Morgan fingerprint density at radius 3 is 1.80 bits per heavy atom. The van der Waals surface area contributed by atoms with Crippen LogP contribution in [0.3, 0.4) is 0 Å². The van der Waals surface area contributed by atoms with Crippen molar-refractivity contribution in [3.8, 4) is 0 Å². The van der Waals surface area contributed by atoms with E-state index in [1.165, 1.54) is 0 Å². The van der Waals surface area contributed by atoms with Gasteiger partial charge in [0.05, 0.1) is 6.26 Å². The Bertz CT molecular complexity index is 125. The van der Waals surface area contributed by atoms with Gasteiger partial charge in [-0.1, -0.05) is 6.58 Å². The Hall–Kier alpha value is -0.670. The molecule has 0 amide bonds. The molecule has 0 fully saturated rings. The number of alkyl halides is 3. The molecule has 0 N–H and O–H groups in total. The summed E-state index contributed by atoms with van der Waals surface area (Å²) < 4.78 is 39.8. The molecule has 1 nitrogen and oxygen atoms in total. The molecule has 10 heavy (non-hydrogen) atoms. The third kappa shape index (κ3) is 1.93. The molecule has 0 aromatic carbocycles. The summed E-state index contributed by atoms with van der Waals surface area (Å²) in [6, 6.07) is 0. The van der Waals surface area contributed by atoms with E-state index in [-0.39, 0.29) is 0 Å². The summed E-state index contributed by atoms with van der Waals surface area (Å²) in [6.45, 7) is 4.92. The molecule has 60 valence electrons. The van der Waals surface area contributed by atoms with Gasteiger partial charge < -0.3 is 4.74 Å². The van der Waals surface area contributed by atoms with Crippen LogP contribution in [0.25, 0.3) is 0 Å². The van der Waals surface area contributed by atoms with Crippen molar-refractivity contribution >= 4 is 0 Å². The van der Waals surface area contributed by atoms with Crippen molar-refractivity contribution in [1.82, 2.24) is 0 Å². The molecule has 0 spiro atoms. The van der Waals surface area contributed by atoms with Crippen LogP contribution in [0.15, 0.2) is 12.8 Å². The normalized spacial score (nSPS) is 12.9. The lowest BCUT2D eigenvalue weighted by Gasteiger charge is -2.26. The molecule has 0 unspecified atom stereocenters. The van der Waals surface area contributed by atoms with Gasteiger partial charge in [-0.3, -0.25) is 0 Å². The van der Waals surface area contributed by atoms with Crippen LogP contribution in [0, 0.1) is 0 Å². The first kappa shape index (κ1) is 9.33. The third-order valence-electron chi connectivity index (χ3n) is 1.06. The van der Waals surface area contributed by atoms with Crippen molar-refractivity contribution in [3.63, 3.8) is 0 Å². The van der Waals surface area contributed by atoms with E-state index in [9.17, 15) is 13.2 Å². The minimum absolute atomic E-state index is 0.785.